The molecule has 0 atom stereocenters. The van der Waals surface area contributed by atoms with E-state index in [9.17, 15) is 5.26 Å². The van der Waals surface area contributed by atoms with Crippen LogP contribution in [0.4, 0.5) is 11.4 Å². The summed E-state index contributed by atoms with van der Waals surface area (Å²) < 4.78 is 17.4. The van der Waals surface area contributed by atoms with Crippen molar-refractivity contribution in [2.24, 2.45) is 0 Å². The molecule has 2 heterocycles. The number of halogens is 1. The summed E-state index contributed by atoms with van der Waals surface area (Å²) in [5.41, 5.74) is 3.49. The Morgan fingerprint density at radius 3 is 2.59 bits per heavy atom. The molecule has 1 saturated carbocycles. The third kappa shape index (κ3) is 5.69. The summed E-state index contributed by atoms with van der Waals surface area (Å²) in [5.74, 6) is 2.51. The van der Waals surface area contributed by atoms with Gasteiger partial charge in [-0.05, 0) is 42.9 Å². The van der Waals surface area contributed by atoms with Crippen molar-refractivity contribution in [3.8, 4) is 23.3 Å². The van der Waals surface area contributed by atoms with Gasteiger partial charge in [0, 0.05) is 56.4 Å². The van der Waals surface area contributed by atoms with E-state index in [0.29, 0.717) is 51.5 Å². The fraction of sp³-hybridized carbons (Fsp3) is 0.429. The minimum Gasteiger partial charge on any atom is -0.496 e. The maximum atomic E-state index is 9.83. The molecule has 0 amide bonds. The molecule has 0 radical (unpaired) electrons. The maximum Gasteiger partial charge on any atom is 0.163 e. The van der Waals surface area contributed by atoms with Crippen molar-refractivity contribution in [1.29, 1.82) is 5.26 Å². The van der Waals surface area contributed by atoms with Crippen molar-refractivity contribution in [1.82, 2.24) is 15.2 Å². The SMILES string of the molecule is COc1cc2c(Nc3cc(OC)c(C4CC4)cc3Cl)c(C#N)cnc2cc1OCCCN1CCNCC1. The van der Waals surface area contributed by atoms with Crippen molar-refractivity contribution in [2.45, 2.75) is 25.2 Å². The Hall–Kier alpha value is -3.25. The van der Waals surface area contributed by atoms with Gasteiger partial charge in [0.2, 0.25) is 0 Å². The number of aromatic nitrogens is 1. The monoisotopic (exact) mass is 521 g/mol. The number of anilines is 2. The number of fused-ring (bicyclic) bond motifs is 1. The third-order valence-electron chi connectivity index (χ3n) is 6.96. The molecule has 2 fully saturated rings. The molecule has 1 aliphatic carbocycles. The smallest absolute Gasteiger partial charge is 0.163 e. The number of nitrogens with one attached hydrogen (secondary N) is 2. The molecule has 194 valence electrons. The number of benzene rings is 2. The third-order valence-corrected chi connectivity index (χ3v) is 7.27. The number of nitriles is 1. The van der Waals surface area contributed by atoms with Gasteiger partial charge in [-0.15, -0.1) is 0 Å². The average molecular weight is 522 g/mol. The minimum atomic E-state index is 0.403. The van der Waals surface area contributed by atoms with Gasteiger partial charge in [-0.1, -0.05) is 11.6 Å². The first-order chi connectivity index (χ1) is 18.1. The number of rotatable bonds is 10. The lowest BCUT2D eigenvalue weighted by atomic mass is 10.1. The second kappa shape index (κ2) is 11.4. The largest absolute Gasteiger partial charge is 0.496 e. The number of ether oxygens (including phenoxy) is 3. The molecule has 37 heavy (non-hydrogen) atoms. The average Bonchev–Trinajstić information content (AvgIpc) is 3.78. The van der Waals surface area contributed by atoms with E-state index in [1.807, 2.05) is 24.3 Å². The summed E-state index contributed by atoms with van der Waals surface area (Å²) in [4.78, 5) is 6.97. The Labute approximate surface area is 222 Å². The summed E-state index contributed by atoms with van der Waals surface area (Å²) in [7, 11) is 3.28. The van der Waals surface area contributed by atoms with Crippen LogP contribution >= 0.6 is 11.6 Å². The van der Waals surface area contributed by atoms with Gasteiger partial charge >= 0.3 is 0 Å². The van der Waals surface area contributed by atoms with Gasteiger partial charge in [0.25, 0.3) is 0 Å². The van der Waals surface area contributed by atoms with Crippen LogP contribution < -0.4 is 24.8 Å². The van der Waals surface area contributed by atoms with Crippen LogP contribution in [-0.2, 0) is 0 Å². The van der Waals surface area contributed by atoms with Crippen LogP contribution in [0.5, 0.6) is 17.2 Å². The van der Waals surface area contributed by atoms with Gasteiger partial charge in [-0.3, -0.25) is 4.98 Å². The fourth-order valence-corrected chi connectivity index (χ4v) is 5.01. The highest BCUT2D eigenvalue weighted by Gasteiger charge is 2.28. The van der Waals surface area contributed by atoms with Gasteiger partial charge in [-0.25, -0.2) is 0 Å². The normalized spacial score (nSPS) is 15.8. The lowest BCUT2D eigenvalue weighted by Crippen LogP contribution is -2.43. The van der Waals surface area contributed by atoms with Crippen LogP contribution in [0.3, 0.4) is 0 Å². The van der Waals surface area contributed by atoms with Gasteiger partial charge in [0.1, 0.15) is 11.8 Å². The van der Waals surface area contributed by atoms with Crippen molar-refractivity contribution < 1.29 is 14.2 Å². The number of pyridine rings is 1. The summed E-state index contributed by atoms with van der Waals surface area (Å²) in [5, 5.41) is 17.9. The molecule has 8 nitrogen and oxygen atoms in total. The highest BCUT2D eigenvalue weighted by molar-refractivity contribution is 6.33. The molecule has 9 heteroatoms. The molecule has 2 aromatic carbocycles. The molecule has 0 unspecified atom stereocenters. The van der Waals surface area contributed by atoms with E-state index in [0.717, 1.165) is 68.7 Å². The quantitative estimate of drug-likeness (QED) is 0.357. The number of methoxy groups -OCH3 is 2. The van der Waals surface area contributed by atoms with Crippen LogP contribution in [0.25, 0.3) is 10.9 Å². The number of hydrogen-bond donors (Lipinski definition) is 2. The lowest BCUT2D eigenvalue weighted by molar-refractivity contribution is 0.211. The molecule has 1 aliphatic heterocycles. The molecule has 0 bridgehead atoms. The summed E-state index contributed by atoms with van der Waals surface area (Å²) in [6.45, 7) is 5.79. The molecular weight excluding hydrogens is 490 g/mol. The number of hydrogen-bond acceptors (Lipinski definition) is 8. The highest BCUT2D eigenvalue weighted by atomic mass is 35.5. The summed E-state index contributed by atoms with van der Waals surface area (Å²) in [6, 6.07) is 9.83. The van der Waals surface area contributed by atoms with Crippen molar-refractivity contribution in [3.05, 3.63) is 46.6 Å². The fourth-order valence-electron chi connectivity index (χ4n) is 4.79. The van der Waals surface area contributed by atoms with Crippen LogP contribution in [0.15, 0.2) is 30.5 Å². The van der Waals surface area contributed by atoms with E-state index >= 15 is 0 Å². The van der Waals surface area contributed by atoms with Gasteiger partial charge in [-0.2, -0.15) is 5.26 Å². The first-order valence-corrected chi connectivity index (χ1v) is 13.1. The van der Waals surface area contributed by atoms with Gasteiger partial charge < -0.3 is 29.7 Å². The Morgan fingerprint density at radius 1 is 1.11 bits per heavy atom. The lowest BCUT2D eigenvalue weighted by Gasteiger charge is -2.27. The maximum absolute atomic E-state index is 9.83. The summed E-state index contributed by atoms with van der Waals surface area (Å²) in [6.07, 6.45) is 4.78. The van der Waals surface area contributed by atoms with E-state index in [1.54, 1.807) is 20.4 Å². The first kappa shape index (κ1) is 25.4. The van der Waals surface area contributed by atoms with E-state index in [-0.39, 0.29) is 0 Å². The molecule has 3 aromatic rings. The predicted molar refractivity (Wildman–Crippen MR) is 146 cm³/mol. The zero-order valence-corrected chi connectivity index (χ0v) is 22.0. The molecule has 2 N–H and O–H groups in total. The second-order valence-electron chi connectivity index (χ2n) is 9.45. The van der Waals surface area contributed by atoms with E-state index < -0.39 is 0 Å². The molecule has 2 aliphatic rings. The van der Waals surface area contributed by atoms with Crippen LogP contribution in [0.2, 0.25) is 5.02 Å². The Morgan fingerprint density at radius 2 is 1.89 bits per heavy atom. The van der Waals surface area contributed by atoms with Gasteiger partial charge in [0.15, 0.2) is 11.5 Å². The van der Waals surface area contributed by atoms with Crippen molar-refractivity contribution in [3.63, 3.8) is 0 Å². The van der Waals surface area contributed by atoms with E-state index in [4.69, 9.17) is 25.8 Å². The van der Waals surface area contributed by atoms with Crippen LogP contribution in [0.1, 0.15) is 36.3 Å². The predicted octanol–water partition coefficient (Wildman–Crippen LogP) is 5.07. The van der Waals surface area contributed by atoms with Crippen LogP contribution in [0, 0.1) is 11.3 Å². The molecule has 1 aromatic heterocycles. The van der Waals surface area contributed by atoms with Crippen LogP contribution in [-0.4, -0.2) is 63.4 Å². The van der Waals surface area contributed by atoms with E-state index in [1.165, 1.54) is 0 Å². The Kier molecular flexibility index (Phi) is 7.85. The van der Waals surface area contributed by atoms with E-state index in [2.05, 4.69) is 26.6 Å². The minimum absolute atomic E-state index is 0.403. The topological polar surface area (TPSA) is 91.7 Å². The van der Waals surface area contributed by atoms with Crippen molar-refractivity contribution >= 4 is 33.9 Å². The molecule has 1 saturated heterocycles. The first-order valence-electron chi connectivity index (χ1n) is 12.7. The summed E-state index contributed by atoms with van der Waals surface area (Å²) >= 11 is 6.67. The standard InChI is InChI=1S/C28H32ClN5O3/c1-35-25-15-24(22(29)12-20(25)18-4-5-18)33-28-19(16-30)17-32-23-14-27(26(36-2)13-21(23)28)37-11-3-8-34-9-6-31-7-10-34/h12-15,17-18,31H,3-11H2,1-2H3,(H,32,33). The highest BCUT2D eigenvalue weighted by Crippen LogP contribution is 2.47. The van der Waals surface area contributed by atoms with Crippen molar-refractivity contribution in [2.75, 3.05) is 58.9 Å². The molecular formula is C28H32ClN5O3. The molecule has 0 spiro atoms. The van der Waals surface area contributed by atoms with Gasteiger partial charge in [0.05, 0.1) is 48.3 Å². The Balaban J connectivity index is 1.41. The zero-order chi connectivity index (χ0) is 25.8. The second-order valence-corrected chi connectivity index (χ2v) is 9.85. The number of nitrogens with zero attached hydrogens (tertiary/aromatic N) is 3. The Bertz CT molecular complexity index is 1320. The zero-order valence-electron chi connectivity index (χ0n) is 21.3. The number of piperazine rings is 1. The molecule has 5 rings (SSSR count).